The van der Waals surface area contributed by atoms with Crippen LogP contribution < -0.4 is 5.32 Å². The van der Waals surface area contributed by atoms with E-state index in [1.807, 2.05) is 0 Å². The Morgan fingerprint density at radius 2 is 1.96 bits per heavy atom. The van der Waals surface area contributed by atoms with Gasteiger partial charge in [0.05, 0.1) is 11.6 Å². The van der Waals surface area contributed by atoms with E-state index in [0.29, 0.717) is 11.7 Å². The van der Waals surface area contributed by atoms with Crippen molar-refractivity contribution < 1.29 is 17.6 Å². The molecule has 0 bridgehead atoms. The lowest BCUT2D eigenvalue weighted by molar-refractivity contribution is 0.0935. The maximum absolute atomic E-state index is 12.8. The molecule has 1 amide bonds. The first-order chi connectivity index (χ1) is 12.6. The number of fused-ring (bicyclic) bond motifs is 1. The Hall–Kier alpha value is -2.12. The fourth-order valence-electron chi connectivity index (χ4n) is 3.35. The van der Waals surface area contributed by atoms with Gasteiger partial charge in [-0.25, -0.2) is 12.7 Å². The van der Waals surface area contributed by atoms with Crippen molar-refractivity contribution in [1.82, 2.24) is 9.62 Å². The molecule has 27 heavy (non-hydrogen) atoms. The lowest BCUT2D eigenvalue weighted by atomic mass is 9.97. The standard InChI is InChI=1S/C20H26N2O4S/c1-12(2)15-7-6-14-8-9-18(17(14)10-15)21-20(23)16-11-19(26-13(16)3)27(24,25)22(4)5/h6-7,10-12,18H,8-9H2,1-5H3,(H,21,23). The van der Waals surface area contributed by atoms with E-state index in [4.69, 9.17) is 4.42 Å². The van der Waals surface area contributed by atoms with Gasteiger partial charge in [-0.2, -0.15) is 0 Å². The Balaban J connectivity index is 1.84. The van der Waals surface area contributed by atoms with E-state index in [9.17, 15) is 13.2 Å². The summed E-state index contributed by atoms with van der Waals surface area (Å²) >= 11 is 0. The summed E-state index contributed by atoms with van der Waals surface area (Å²) in [7, 11) is -0.866. The molecule has 0 saturated heterocycles. The first-order valence-corrected chi connectivity index (χ1v) is 10.5. The third-order valence-electron chi connectivity index (χ3n) is 5.09. The molecule has 6 nitrogen and oxygen atoms in total. The van der Waals surface area contributed by atoms with Crippen LogP contribution in [0.4, 0.5) is 0 Å². The van der Waals surface area contributed by atoms with Gasteiger partial charge in [0.2, 0.25) is 5.09 Å². The molecular formula is C20H26N2O4S. The normalized spacial score (nSPS) is 16.8. The number of nitrogens with one attached hydrogen (secondary N) is 1. The average Bonchev–Trinajstić information content (AvgIpc) is 3.18. The molecule has 0 radical (unpaired) electrons. The van der Waals surface area contributed by atoms with E-state index < -0.39 is 10.0 Å². The summed E-state index contributed by atoms with van der Waals surface area (Å²) < 4.78 is 30.9. The van der Waals surface area contributed by atoms with E-state index in [-0.39, 0.29) is 22.6 Å². The van der Waals surface area contributed by atoms with Crippen LogP contribution in [0.5, 0.6) is 0 Å². The van der Waals surface area contributed by atoms with Crippen LogP contribution in [0.25, 0.3) is 0 Å². The maximum atomic E-state index is 12.8. The molecule has 1 aliphatic rings. The highest BCUT2D eigenvalue weighted by atomic mass is 32.2. The van der Waals surface area contributed by atoms with Crippen LogP contribution in [-0.2, 0) is 16.4 Å². The third-order valence-corrected chi connectivity index (χ3v) is 6.77. The smallest absolute Gasteiger partial charge is 0.275 e. The molecule has 146 valence electrons. The molecule has 0 saturated carbocycles. The quantitative estimate of drug-likeness (QED) is 0.849. The summed E-state index contributed by atoms with van der Waals surface area (Å²) in [5, 5.41) is 2.83. The molecule has 1 aromatic heterocycles. The van der Waals surface area contributed by atoms with Gasteiger partial charge >= 0.3 is 0 Å². The Morgan fingerprint density at radius 3 is 2.59 bits per heavy atom. The topological polar surface area (TPSA) is 79.6 Å². The second-order valence-corrected chi connectivity index (χ2v) is 9.58. The van der Waals surface area contributed by atoms with E-state index >= 15 is 0 Å². The Kier molecular flexibility index (Phi) is 5.18. The van der Waals surface area contributed by atoms with E-state index in [1.165, 1.54) is 31.3 Å². The van der Waals surface area contributed by atoms with Crippen molar-refractivity contribution in [2.75, 3.05) is 14.1 Å². The fraction of sp³-hybridized carbons (Fsp3) is 0.450. The minimum atomic E-state index is -3.72. The Bertz CT molecular complexity index is 974. The molecular weight excluding hydrogens is 364 g/mol. The largest absolute Gasteiger partial charge is 0.448 e. The van der Waals surface area contributed by atoms with Gasteiger partial charge in [0.15, 0.2) is 0 Å². The van der Waals surface area contributed by atoms with Crippen LogP contribution in [0, 0.1) is 6.92 Å². The summed E-state index contributed by atoms with van der Waals surface area (Å²) in [4.78, 5) is 12.8. The van der Waals surface area contributed by atoms with Gasteiger partial charge in [0, 0.05) is 20.2 Å². The number of nitrogens with zero attached hydrogens (tertiary/aromatic N) is 1. The molecule has 1 atom stereocenters. The van der Waals surface area contributed by atoms with Crippen molar-refractivity contribution >= 4 is 15.9 Å². The first-order valence-electron chi connectivity index (χ1n) is 9.07. The van der Waals surface area contributed by atoms with Crippen molar-refractivity contribution in [3.63, 3.8) is 0 Å². The number of carbonyl (C=O) groups excluding carboxylic acids is 1. The number of carbonyl (C=O) groups is 1. The van der Waals surface area contributed by atoms with Crippen LogP contribution in [0.1, 0.15) is 65.0 Å². The molecule has 1 aliphatic carbocycles. The van der Waals surface area contributed by atoms with Crippen molar-refractivity contribution in [3.05, 3.63) is 52.3 Å². The number of benzene rings is 1. The van der Waals surface area contributed by atoms with Crippen molar-refractivity contribution in [3.8, 4) is 0 Å². The predicted octanol–water partition coefficient (Wildman–Crippen LogP) is 3.38. The fourth-order valence-corrected chi connectivity index (χ4v) is 4.21. The van der Waals surface area contributed by atoms with Crippen LogP contribution in [0.15, 0.2) is 33.8 Å². The predicted molar refractivity (Wildman–Crippen MR) is 103 cm³/mol. The van der Waals surface area contributed by atoms with Gasteiger partial charge in [-0.05, 0) is 42.4 Å². The molecule has 0 aliphatic heterocycles. The summed E-state index contributed by atoms with van der Waals surface area (Å²) in [6, 6.07) is 7.69. The van der Waals surface area contributed by atoms with Gasteiger partial charge in [0.1, 0.15) is 5.76 Å². The average molecular weight is 391 g/mol. The van der Waals surface area contributed by atoms with Crippen LogP contribution in [0.2, 0.25) is 0 Å². The number of furan rings is 1. The number of aryl methyl sites for hydroxylation is 2. The van der Waals surface area contributed by atoms with E-state index in [1.54, 1.807) is 6.92 Å². The zero-order valence-corrected chi connectivity index (χ0v) is 17.2. The van der Waals surface area contributed by atoms with Gasteiger partial charge in [-0.3, -0.25) is 4.79 Å². The molecule has 2 aromatic rings. The Morgan fingerprint density at radius 1 is 1.26 bits per heavy atom. The number of hydrogen-bond acceptors (Lipinski definition) is 4. The minimum absolute atomic E-state index is 0.0746. The van der Waals surface area contributed by atoms with E-state index in [2.05, 4.69) is 37.4 Å². The molecule has 7 heteroatoms. The number of hydrogen-bond donors (Lipinski definition) is 1. The molecule has 1 N–H and O–H groups in total. The number of amides is 1. The zero-order chi connectivity index (χ0) is 19.9. The number of sulfonamides is 1. The summed E-state index contributed by atoms with van der Waals surface area (Å²) in [5.41, 5.74) is 3.90. The minimum Gasteiger partial charge on any atom is -0.448 e. The second-order valence-electron chi connectivity index (χ2n) is 7.50. The number of rotatable bonds is 5. The maximum Gasteiger partial charge on any atom is 0.275 e. The van der Waals surface area contributed by atoms with Crippen LogP contribution in [0.3, 0.4) is 0 Å². The Labute approximate surface area is 160 Å². The zero-order valence-electron chi connectivity index (χ0n) is 16.4. The molecule has 0 spiro atoms. The highest BCUT2D eigenvalue weighted by molar-refractivity contribution is 7.88. The van der Waals surface area contributed by atoms with Gasteiger partial charge in [-0.1, -0.05) is 32.0 Å². The van der Waals surface area contributed by atoms with Crippen LogP contribution >= 0.6 is 0 Å². The molecule has 1 aromatic carbocycles. The SMILES string of the molecule is Cc1oc(S(=O)(=O)N(C)C)cc1C(=O)NC1CCc2ccc(C(C)C)cc21. The van der Waals surface area contributed by atoms with Crippen molar-refractivity contribution in [2.24, 2.45) is 0 Å². The lowest BCUT2D eigenvalue weighted by Gasteiger charge is -2.16. The molecule has 3 rings (SSSR count). The van der Waals surface area contributed by atoms with Crippen molar-refractivity contribution in [1.29, 1.82) is 0 Å². The van der Waals surface area contributed by atoms with Gasteiger partial charge in [0.25, 0.3) is 15.9 Å². The van der Waals surface area contributed by atoms with Crippen molar-refractivity contribution in [2.45, 2.75) is 50.7 Å². The van der Waals surface area contributed by atoms with Gasteiger partial charge < -0.3 is 9.73 Å². The van der Waals surface area contributed by atoms with E-state index in [0.717, 1.165) is 22.7 Å². The lowest BCUT2D eigenvalue weighted by Crippen LogP contribution is -2.27. The highest BCUT2D eigenvalue weighted by Gasteiger charge is 2.29. The molecule has 1 unspecified atom stereocenters. The molecule has 0 fully saturated rings. The van der Waals surface area contributed by atoms with Gasteiger partial charge in [-0.15, -0.1) is 0 Å². The summed E-state index contributed by atoms with van der Waals surface area (Å²) in [5.74, 6) is 0.397. The summed E-state index contributed by atoms with van der Waals surface area (Å²) in [6.45, 7) is 5.89. The summed E-state index contributed by atoms with van der Waals surface area (Å²) in [6.07, 6.45) is 1.76. The third kappa shape index (κ3) is 3.66. The first kappa shape index (κ1) is 19.6. The van der Waals surface area contributed by atoms with Crippen LogP contribution in [-0.4, -0.2) is 32.7 Å². The second kappa shape index (κ2) is 7.13. The monoisotopic (exact) mass is 390 g/mol. The highest BCUT2D eigenvalue weighted by Crippen LogP contribution is 2.34. The molecule has 1 heterocycles.